The Labute approximate surface area is 85.9 Å². The van der Waals surface area contributed by atoms with E-state index in [0.717, 1.165) is 11.3 Å². The maximum absolute atomic E-state index is 12.8. The molecule has 1 amide bonds. The lowest BCUT2D eigenvalue weighted by Gasteiger charge is -2.22. The average molecular weight is 211 g/mol. The number of carbonyl (C=O) groups is 1. The SMILES string of the molecule is CCC1Sc2ccc(F)cc2NC1=O. The van der Waals surface area contributed by atoms with E-state index in [2.05, 4.69) is 5.32 Å². The summed E-state index contributed by atoms with van der Waals surface area (Å²) in [5.74, 6) is -0.352. The summed E-state index contributed by atoms with van der Waals surface area (Å²) in [7, 11) is 0. The molecule has 1 aromatic rings. The van der Waals surface area contributed by atoms with Gasteiger partial charge in [0.2, 0.25) is 5.91 Å². The molecule has 0 radical (unpaired) electrons. The van der Waals surface area contributed by atoms with E-state index in [1.165, 1.54) is 23.9 Å². The fourth-order valence-corrected chi connectivity index (χ4v) is 2.41. The van der Waals surface area contributed by atoms with Crippen LogP contribution in [0.2, 0.25) is 0 Å². The lowest BCUT2D eigenvalue weighted by molar-refractivity contribution is -0.115. The van der Waals surface area contributed by atoms with Crippen LogP contribution in [-0.4, -0.2) is 11.2 Å². The van der Waals surface area contributed by atoms with Gasteiger partial charge in [-0.15, -0.1) is 11.8 Å². The van der Waals surface area contributed by atoms with Gasteiger partial charge in [0.1, 0.15) is 5.82 Å². The first-order valence-corrected chi connectivity index (χ1v) is 5.35. The second-order valence-corrected chi connectivity index (χ2v) is 4.39. The minimum absolute atomic E-state index is 0.0319. The Morgan fingerprint density at radius 3 is 3.07 bits per heavy atom. The van der Waals surface area contributed by atoms with E-state index in [0.29, 0.717) is 5.69 Å². The van der Waals surface area contributed by atoms with Crippen molar-refractivity contribution >= 4 is 23.4 Å². The summed E-state index contributed by atoms with van der Waals surface area (Å²) in [4.78, 5) is 12.4. The van der Waals surface area contributed by atoms with Crippen molar-refractivity contribution in [3.63, 3.8) is 0 Å². The fourth-order valence-electron chi connectivity index (χ4n) is 1.39. The molecule has 0 aliphatic carbocycles. The summed E-state index contributed by atoms with van der Waals surface area (Å²) in [6.07, 6.45) is 0.785. The monoisotopic (exact) mass is 211 g/mol. The smallest absolute Gasteiger partial charge is 0.237 e. The lowest BCUT2D eigenvalue weighted by Crippen LogP contribution is -2.28. The van der Waals surface area contributed by atoms with Crippen LogP contribution in [0.15, 0.2) is 23.1 Å². The van der Waals surface area contributed by atoms with Crippen LogP contribution in [0.4, 0.5) is 10.1 Å². The van der Waals surface area contributed by atoms with Crippen molar-refractivity contribution < 1.29 is 9.18 Å². The van der Waals surface area contributed by atoms with Crippen molar-refractivity contribution in [3.8, 4) is 0 Å². The highest BCUT2D eigenvalue weighted by Crippen LogP contribution is 2.36. The van der Waals surface area contributed by atoms with Crippen molar-refractivity contribution in [2.24, 2.45) is 0 Å². The maximum Gasteiger partial charge on any atom is 0.237 e. The largest absolute Gasteiger partial charge is 0.324 e. The van der Waals surface area contributed by atoms with E-state index in [1.54, 1.807) is 6.07 Å². The van der Waals surface area contributed by atoms with Crippen molar-refractivity contribution in [2.75, 3.05) is 5.32 Å². The minimum Gasteiger partial charge on any atom is -0.324 e. The molecule has 0 aromatic heterocycles. The van der Waals surface area contributed by atoms with Crippen LogP contribution in [0, 0.1) is 5.82 Å². The predicted molar refractivity (Wildman–Crippen MR) is 55.0 cm³/mol. The molecule has 1 aliphatic rings. The van der Waals surface area contributed by atoms with E-state index < -0.39 is 0 Å². The number of hydrogen-bond donors (Lipinski definition) is 1. The number of fused-ring (bicyclic) bond motifs is 1. The first-order valence-electron chi connectivity index (χ1n) is 4.47. The van der Waals surface area contributed by atoms with Gasteiger partial charge in [0.25, 0.3) is 0 Å². The lowest BCUT2D eigenvalue weighted by atomic mass is 10.2. The van der Waals surface area contributed by atoms with Crippen LogP contribution in [-0.2, 0) is 4.79 Å². The molecular weight excluding hydrogens is 201 g/mol. The fraction of sp³-hybridized carbons (Fsp3) is 0.300. The highest BCUT2D eigenvalue weighted by Gasteiger charge is 2.25. The van der Waals surface area contributed by atoms with Crippen LogP contribution >= 0.6 is 11.8 Å². The molecule has 1 unspecified atom stereocenters. The third-order valence-electron chi connectivity index (χ3n) is 2.13. The van der Waals surface area contributed by atoms with Gasteiger partial charge in [-0.25, -0.2) is 4.39 Å². The van der Waals surface area contributed by atoms with Crippen molar-refractivity contribution in [3.05, 3.63) is 24.0 Å². The van der Waals surface area contributed by atoms with Crippen molar-refractivity contribution in [1.82, 2.24) is 0 Å². The third-order valence-corrected chi connectivity index (χ3v) is 3.57. The molecule has 0 spiro atoms. The summed E-state index contributed by atoms with van der Waals surface area (Å²) < 4.78 is 12.8. The summed E-state index contributed by atoms with van der Waals surface area (Å²) in [5, 5.41) is 2.65. The number of hydrogen-bond acceptors (Lipinski definition) is 2. The number of anilines is 1. The van der Waals surface area contributed by atoms with Crippen LogP contribution in [0.1, 0.15) is 13.3 Å². The molecule has 1 N–H and O–H groups in total. The second-order valence-electron chi connectivity index (χ2n) is 3.14. The maximum atomic E-state index is 12.8. The van der Waals surface area contributed by atoms with Gasteiger partial charge in [-0.3, -0.25) is 4.79 Å². The molecule has 1 aliphatic heterocycles. The Kier molecular flexibility index (Phi) is 2.46. The molecule has 0 fully saturated rings. The molecule has 0 saturated carbocycles. The minimum atomic E-state index is -0.320. The highest BCUT2D eigenvalue weighted by atomic mass is 32.2. The number of thioether (sulfide) groups is 1. The number of amides is 1. The first-order chi connectivity index (χ1) is 6.70. The molecule has 2 nitrogen and oxygen atoms in total. The first kappa shape index (κ1) is 9.52. The molecular formula is C10H10FNOS. The Balaban J connectivity index is 2.35. The average Bonchev–Trinajstić information content (AvgIpc) is 2.16. The summed E-state index contributed by atoms with van der Waals surface area (Å²) in [6.45, 7) is 1.96. The van der Waals surface area contributed by atoms with Gasteiger partial charge in [0.15, 0.2) is 0 Å². The van der Waals surface area contributed by atoms with E-state index in [9.17, 15) is 9.18 Å². The third kappa shape index (κ3) is 1.62. The Morgan fingerprint density at radius 2 is 2.36 bits per heavy atom. The number of halogens is 1. The number of nitrogens with one attached hydrogen (secondary N) is 1. The topological polar surface area (TPSA) is 29.1 Å². The molecule has 0 bridgehead atoms. The van der Waals surface area contributed by atoms with Gasteiger partial charge in [-0.2, -0.15) is 0 Å². The molecule has 1 atom stereocenters. The summed E-state index contributed by atoms with van der Waals surface area (Å²) in [5.41, 5.74) is 0.588. The molecule has 74 valence electrons. The Morgan fingerprint density at radius 1 is 1.57 bits per heavy atom. The Bertz CT molecular complexity index is 380. The van der Waals surface area contributed by atoms with Gasteiger partial charge in [-0.05, 0) is 24.6 Å². The van der Waals surface area contributed by atoms with Gasteiger partial charge in [-0.1, -0.05) is 6.92 Å². The van der Waals surface area contributed by atoms with E-state index in [-0.39, 0.29) is 17.0 Å². The number of rotatable bonds is 1. The second kappa shape index (κ2) is 3.61. The zero-order valence-corrected chi connectivity index (χ0v) is 8.53. The molecule has 1 heterocycles. The normalized spacial score (nSPS) is 20.1. The Hall–Kier alpha value is -1.03. The van der Waals surface area contributed by atoms with Crippen molar-refractivity contribution in [2.45, 2.75) is 23.5 Å². The number of carbonyl (C=O) groups excluding carboxylic acids is 1. The molecule has 2 rings (SSSR count). The number of benzene rings is 1. The van der Waals surface area contributed by atoms with E-state index in [1.807, 2.05) is 6.92 Å². The van der Waals surface area contributed by atoms with Crippen LogP contribution in [0.3, 0.4) is 0 Å². The summed E-state index contributed by atoms with van der Waals surface area (Å²) in [6, 6.07) is 4.47. The van der Waals surface area contributed by atoms with Gasteiger partial charge < -0.3 is 5.32 Å². The zero-order valence-electron chi connectivity index (χ0n) is 7.71. The van der Waals surface area contributed by atoms with Crippen LogP contribution in [0.5, 0.6) is 0 Å². The highest BCUT2D eigenvalue weighted by molar-refractivity contribution is 8.01. The molecule has 0 saturated heterocycles. The molecule has 4 heteroatoms. The van der Waals surface area contributed by atoms with Crippen LogP contribution in [0.25, 0.3) is 0 Å². The van der Waals surface area contributed by atoms with Crippen LogP contribution < -0.4 is 5.32 Å². The standard InChI is InChI=1S/C10H10FNOS/c1-2-8-10(13)12-7-5-6(11)3-4-9(7)14-8/h3-5,8H,2H2,1H3,(H,12,13). The molecule has 14 heavy (non-hydrogen) atoms. The predicted octanol–water partition coefficient (Wildman–Crippen LogP) is 2.65. The van der Waals surface area contributed by atoms with Gasteiger partial charge >= 0.3 is 0 Å². The van der Waals surface area contributed by atoms with Crippen molar-refractivity contribution in [1.29, 1.82) is 0 Å². The quantitative estimate of drug-likeness (QED) is 0.773. The summed E-state index contributed by atoms with van der Waals surface area (Å²) >= 11 is 1.50. The van der Waals surface area contributed by atoms with Gasteiger partial charge in [0, 0.05) is 4.90 Å². The molecule has 1 aromatic carbocycles. The van der Waals surface area contributed by atoms with E-state index in [4.69, 9.17) is 0 Å². The zero-order chi connectivity index (χ0) is 10.1. The van der Waals surface area contributed by atoms with Gasteiger partial charge in [0.05, 0.1) is 10.9 Å². The van der Waals surface area contributed by atoms with E-state index >= 15 is 0 Å².